The number of aliphatic imine (C=N–C) groups is 1. The molecule has 0 bridgehead atoms. The highest BCUT2D eigenvalue weighted by Crippen LogP contribution is 2.41. The lowest BCUT2D eigenvalue weighted by molar-refractivity contribution is 0.409. The minimum atomic E-state index is -0.170. The van der Waals surface area contributed by atoms with Crippen LogP contribution < -0.4 is 10.6 Å². The molecule has 1 aliphatic heterocycles. The number of amidine groups is 1. The molecule has 3 heterocycles. The molecule has 50 heavy (non-hydrogen) atoms. The van der Waals surface area contributed by atoms with Crippen LogP contribution in [0, 0.1) is 0 Å². The van der Waals surface area contributed by atoms with E-state index in [4.69, 9.17) is 4.99 Å². The van der Waals surface area contributed by atoms with Crippen LogP contribution in [-0.4, -0.2) is 10.4 Å². The summed E-state index contributed by atoms with van der Waals surface area (Å²) in [5, 5.41) is 12.6. The normalized spacial score (nSPS) is 16.2. The molecule has 9 aromatic rings. The number of nitrogens with zero attached hydrogens (tertiary/aromatic N) is 2. The summed E-state index contributed by atoms with van der Waals surface area (Å²) in [5.74, 6) is 0.885. The van der Waals surface area contributed by atoms with Gasteiger partial charge < -0.3 is 9.88 Å². The van der Waals surface area contributed by atoms with Crippen molar-refractivity contribution in [3.63, 3.8) is 0 Å². The van der Waals surface area contributed by atoms with Gasteiger partial charge in [0, 0.05) is 42.2 Å². The van der Waals surface area contributed by atoms with Crippen LogP contribution >= 0.6 is 11.3 Å². The third-order valence-electron chi connectivity index (χ3n) is 9.88. The first kappa shape index (κ1) is 29.0. The van der Waals surface area contributed by atoms with Crippen LogP contribution in [0.5, 0.6) is 0 Å². The van der Waals surface area contributed by atoms with E-state index in [1.54, 1.807) is 0 Å². The minimum Gasteiger partial charge on any atom is -0.350 e. The minimum absolute atomic E-state index is 0.120. The van der Waals surface area contributed by atoms with Crippen molar-refractivity contribution >= 4 is 59.2 Å². The second-order valence-electron chi connectivity index (χ2n) is 12.9. The van der Waals surface area contributed by atoms with Gasteiger partial charge >= 0.3 is 0 Å². The van der Waals surface area contributed by atoms with Gasteiger partial charge in [0.1, 0.15) is 18.2 Å². The molecular weight excluding hydrogens is 629 g/mol. The number of benzene rings is 7. The van der Waals surface area contributed by atoms with Gasteiger partial charge in [-0.25, -0.2) is 4.99 Å². The predicted octanol–water partition coefficient (Wildman–Crippen LogP) is 11.2. The van der Waals surface area contributed by atoms with Crippen molar-refractivity contribution < 1.29 is 0 Å². The average molecular weight is 661 g/mol. The third-order valence-corrected chi connectivity index (χ3v) is 11.0. The highest BCUT2D eigenvalue weighted by atomic mass is 32.1. The third kappa shape index (κ3) is 4.90. The van der Waals surface area contributed by atoms with E-state index in [9.17, 15) is 0 Å². The van der Waals surface area contributed by atoms with Gasteiger partial charge in [-0.15, -0.1) is 11.3 Å². The molecule has 0 aliphatic carbocycles. The second kappa shape index (κ2) is 11.8. The van der Waals surface area contributed by atoms with E-state index in [1.807, 2.05) is 23.5 Å². The van der Waals surface area contributed by atoms with E-state index in [2.05, 4.69) is 173 Å². The molecule has 0 amide bonds. The van der Waals surface area contributed by atoms with Crippen molar-refractivity contribution in [2.24, 2.45) is 4.99 Å². The Bertz CT molecular complexity index is 2690. The first-order chi connectivity index (χ1) is 24.8. The molecular formula is C45H32N4S. The van der Waals surface area contributed by atoms with E-state index in [0.717, 1.165) is 28.2 Å². The predicted molar refractivity (Wildman–Crippen MR) is 210 cm³/mol. The number of thiophene rings is 1. The first-order valence-electron chi connectivity index (χ1n) is 17.0. The maximum atomic E-state index is 5.09. The van der Waals surface area contributed by atoms with Gasteiger partial charge in [-0.05, 0) is 64.7 Å². The van der Waals surface area contributed by atoms with E-state index in [1.165, 1.54) is 53.1 Å². The molecule has 0 fully saturated rings. The van der Waals surface area contributed by atoms with Crippen LogP contribution in [0.4, 0.5) is 0 Å². The lowest BCUT2D eigenvalue weighted by Gasteiger charge is -2.32. The van der Waals surface area contributed by atoms with E-state index < -0.39 is 0 Å². The van der Waals surface area contributed by atoms with Crippen LogP contribution in [0.1, 0.15) is 29.0 Å². The molecule has 7 aromatic carbocycles. The Morgan fingerprint density at radius 1 is 0.480 bits per heavy atom. The molecule has 0 spiro atoms. The van der Waals surface area contributed by atoms with Crippen LogP contribution in [0.15, 0.2) is 175 Å². The number of aromatic nitrogens is 1. The van der Waals surface area contributed by atoms with Gasteiger partial charge in [0.25, 0.3) is 0 Å². The summed E-state index contributed by atoms with van der Waals surface area (Å²) in [6.45, 7) is 0. The van der Waals surface area contributed by atoms with Crippen LogP contribution in [-0.2, 0) is 0 Å². The Labute approximate surface area is 294 Å². The van der Waals surface area contributed by atoms with Gasteiger partial charge in [-0.1, -0.05) is 127 Å². The summed E-state index contributed by atoms with van der Waals surface area (Å²) in [5.41, 5.74) is 9.35. The number of nitrogens with one attached hydrogen (secondary N) is 2. The molecule has 0 saturated carbocycles. The van der Waals surface area contributed by atoms with Gasteiger partial charge in [-0.2, -0.15) is 0 Å². The molecule has 4 nitrogen and oxygen atoms in total. The molecule has 2 aromatic heterocycles. The number of hydrogen-bond donors (Lipinski definition) is 2. The average Bonchev–Trinajstić information content (AvgIpc) is 3.72. The molecule has 0 radical (unpaired) electrons. The molecule has 2 N–H and O–H groups in total. The summed E-state index contributed by atoms with van der Waals surface area (Å²) in [7, 11) is 0. The Balaban J connectivity index is 1.10. The summed E-state index contributed by atoms with van der Waals surface area (Å²) < 4.78 is 5.07. The zero-order chi connectivity index (χ0) is 33.0. The molecule has 2 unspecified atom stereocenters. The fraction of sp³-hybridized carbons (Fsp3) is 0.0444. The number of fused-ring (bicyclic) bond motifs is 6. The topological polar surface area (TPSA) is 41.4 Å². The van der Waals surface area contributed by atoms with E-state index in [0.29, 0.717) is 0 Å². The zero-order valence-electron chi connectivity index (χ0n) is 27.1. The van der Waals surface area contributed by atoms with E-state index >= 15 is 0 Å². The summed E-state index contributed by atoms with van der Waals surface area (Å²) in [6, 6.07) is 60.9. The molecule has 5 heteroatoms. The Morgan fingerprint density at radius 2 is 1.16 bits per heavy atom. The zero-order valence-corrected chi connectivity index (χ0v) is 27.9. The van der Waals surface area contributed by atoms with Gasteiger partial charge in [0.15, 0.2) is 0 Å². The van der Waals surface area contributed by atoms with Gasteiger partial charge in [-0.3, -0.25) is 5.32 Å². The lowest BCUT2D eigenvalue weighted by Crippen LogP contribution is -2.44. The van der Waals surface area contributed by atoms with Gasteiger partial charge in [0.05, 0.1) is 11.0 Å². The molecule has 1 aliphatic rings. The summed E-state index contributed by atoms with van der Waals surface area (Å²) in [4.78, 5) is 5.09. The number of rotatable bonds is 5. The maximum absolute atomic E-state index is 5.09. The second-order valence-corrected chi connectivity index (χ2v) is 14.0. The highest BCUT2D eigenvalue weighted by Gasteiger charge is 2.25. The van der Waals surface area contributed by atoms with Crippen molar-refractivity contribution in [2.75, 3.05) is 0 Å². The SMILES string of the molecule is c1ccc(C2=NC(c3ccccc3)NC(c3ccc(-n4c5ccc(-c6ccccc6)cc5c5cc6sc7ccccc7c6cc54)cc3)N2)cc1. The quantitative estimate of drug-likeness (QED) is 0.193. The Morgan fingerprint density at radius 3 is 1.94 bits per heavy atom. The fourth-order valence-corrected chi connectivity index (χ4v) is 8.55. The van der Waals surface area contributed by atoms with Crippen molar-refractivity contribution in [1.82, 2.24) is 15.2 Å². The van der Waals surface area contributed by atoms with E-state index in [-0.39, 0.29) is 12.3 Å². The van der Waals surface area contributed by atoms with Crippen molar-refractivity contribution in [2.45, 2.75) is 12.3 Å². The molecule has 10 rings (SSSR count). The van der Waals surface area contributed by atoms with Crippen LogP contribution in [0.2, 0.25) is 0 Å². The van der Waals surface area contributed by atoms with Crippen LogP contribution in [0.3, 0.4) is 0 Å². The lowest BCUT2D eigenvalue weighted by atomic mass is 10.0. The molecule has 0 saturated heterocycles. The maximum Gasteiger partial charge on any atom is 0.131 e. The highest BCUT2D eigenvalue weighted by molar-refractivity contribution is 7.25. The summed E-state index contributed by atoms with van der Waals surface area (Å²) in [6.07, 6.45) is -0.290. The molecule has 238 valence electrons. The van der Waals surface area contributed by atoms with Gasteiger partial charge in [0.2, 0.25) is 0 Å². The molecule has 2 atom stereocenters. The monoisotopic (exact) mass is 660 g/mol. The van der Waals surface area contributed by atoms with Crippen molar-refractivity contribution in [1.29, 1.82) is 0 Å². The first-order valence-corrected chi connectivity index (χ1v) is 17.8. The smallest absolute Gasteiger partial charge is 0.131 e. The standard InChI is InChI=1S/C45H32N4S/c1-4-12-29(13-5-1)33-22-25-39-36(26-33)37-28-42-38(35-18-10-11-19-41(35)50-42)27-40(37)49(39)34-23-20-32(21-24-34)45-47-43(30-14-6-2-7-15-30)46-44(48-45)31-16-8-3-9-17-31/h1-28,43,45,47H,(H,46,48). The largest absolute Gasteiger partial charge is 0.350 e. The number of hydrogen-bond acceptors (Lipinski definition) is 4. The summed E-state index contributed by atoms with van der Waals surface area (Å²) >= 11 is 1.87. The fourth-order valence-electron chi connectivity index (χ4n) is 7.42. The van der Waals surface area contributed by atoms with Crippen molar-refractivity contribution in [3.8, 4) is 16.8 Å². The van der Waals surface area contributed by atoms with Crippen molar-refractivity contribution in [3.05, 3.63) is 187 Å². The Kier molecular flexibility index (Phi) is 6.86. The van der Waals surface area contributed by atoms with Crippen LogP contribution in [0.25, 0.3) is 58.8 Å². The Hall–Kier alpha value is -6.01.